The Bertz CT molecular complexity index is 987. The molecule has 1 aromatic carbocycles. The molecule has 1 amide bonds. The molecule has 3 rings (SSSR count). The van der Waals surface area contributed by atoms with Crippen molar-refractivity contribution in [3.63, 3.8) is 0 Å². The van der Waals surface area contributed by atoms with Crippen LogP contribution in [0.25, 0.3) is 11.0 Å². The number of nitrogens with zero attached hydrogens (tertiary/aromatic N) is 4. The maximum atomic E-state index is 12.4. The summed E-state index contributed by atoms with van der Waals surface area (Å²) in [5, 5.41) is 12.3. The van der Waals surface area contributed by atoms with Crippen LogP contribution in [-0.2, 0) is 6.54 Å². The van der Waals surface area contributed by atoms with E-state index in [0.29, 0.717) is 36.3 Å². The van der Waals surface area contributed by atoms with Gasteiger partial charge in [0.15, 0.2) is 10.8 Å². The van der Waals surface area contributed by atoms with Gasteiger partial charge in [0.25, 0.3) is 5.91 Å². The number of aromatic nitrogens is 4. The van der Waals surface area contributed by atoms with Gasteiger partial charge >= 0.3 is 0 Å². The zero-order valence-electron chi connectivity index (χ0n) is 17.8. The van der Waals surface area contributed by atoms with Gasteiger partial charge in [0.05, 0.1) is 24.7 Å². The van der Waals surface area contributed by atoms with Crippen LogP contribution in [0.3, 0.4) is 0 Å². The quantitative estimate of drug-likeness (QED) is 0.377. The fraction of sp³-hybridized carbons (Fsp3) is 0.429. The third-order valence-electron chi connectivity index (χ3n) is 4.37. The second-order valence-electron chi connectivity index (χ2n) is 7.15. The van der Waals surface area contributed by atoms with E-state index in [-0.39, 0.29) is 5.91 Å². The number of ether oxygens (including phenoxy) is 1. The van der Waals surface area contributed by atoms with Crippen molar-refractivity contribution in [2.45, 2.75) is 32.5 Å². The molecule has 2 aromatic heterocycles. The highest BCUT2D eigenvalue weighted by molar-refractivity contribution is 7.98. The molecule has 0 aliphatic rings. The van der Waals surface area contributed by atoms with Crippen LogP contribution in [0, 0.1) is 5.92 Å². The molecule has 160 valence electrons. The highest BCUT2D eigenvalue weighted by atomic mass is 32.2. The van der Waals surface area contributed by atoms with Gasteiger partial charge in [0.1, 0.15) is 11.6 Å². The Balaban J connectivity index is 1.67. The second-order valence-corrected chi connectivity index (χ2v) is 7.93. The highest BCUT2D eigenvalue weighted by Gasteiger charge is 2.13. The first-order valence-corrected chi connectivity index (χ1v) is 11.3. The van der Waals surface area contributed by atoms with Gasteiger partial charge in [0, 0.05) is 18.7 Å². The van der Waals surface area contributed by atoms with Crippen molar-refractivity contribution >= 4 is 34.5 Å². The average molecular weight is 429 g/mol. The monoisotopic (exact) mass is 428 g/mol. The Kier molecular flexibility index (Phi) is 7.51. The van der Waals surface area contributed by atoms with E-state index in [9.17, 15) is 4.79 Å². The topological polar surface area (TPSA) is 94.0 Å². The molecular weight excluding hydrogens is 400 g/mol. The molecule has 0 atom stereocenters. The number of nitrogens with one attached hydrogen (secondary N) is 2. The molecule has 30 heavy (non-hydrogen) atoms. The number of hydrogen-bond acceptors (Lipinski definition) is 7. The SMILES string of the molecule is CCOc1ccc(C(=O)NCCn2ncc3c(NCC(C)C)nc(SC)nc32)cc1. The number of anilines is 1. The molecule has 2 N–H and O–H groups in total. The minimum Gasteiger partial charge on any atom is -0.494 e. The number of carbonyl (C=O) groups is 1. The van der Waals surface area contributed by atoms with Gasteiger partial charge in [-0.3, -0.25) is 4.79 Å². The van der Waals surface area contributed by atoms with E-state index in [1.165, 1.54) is 11.8 Å². The fourth-order valence-corrected chi connectivity index (χ4v) is 3.23. The average Bonchev–Trinajstić information content (AvgIpc) is 3.15. The Morgan fingerprint density at radius 2 is 2.00 bits per heavy atom. The van der Waals surface area contributed by atoms with Crippen LogP contribution in [0.15, 0.2) is 35.6 Å². The van der Waals surface area contributed by atoms with Crippen LogP contribution in [0.5, 0.6) is 5.75 Å². The van der Waals surface area contributed by atoms with Gasteiger partial charge in [-0.15, -0.1) is 0 Å². The molecule has 9 heteroatoms. The normalized spacial score (nSPS) is 11.1. The Morgan fingerprint density at radius 3 is 2.67 bits per heavy atom. The predicted molar refractivity (Wildman–Crippen MR) is 120 cm³/mol. The van der Waals surface area contributed by atoms with Gasteiger partial charge < -0.3 is 15.4 Å². The number of carbonyl (C=O) groups excluding carboxylic acids is 1. The standard InChI is InChI=1S/C21H28N6O2S/c1-5-29-16-8-6-15(7-9-16)20(28)22-10-11-27-19-17(13-24-27)18(23-12-14(2)3)25-21(26-19)30-4/h6-9,13-14H,5,10-12H2,1-4H3,(H,22,28)(H,23,25,26). The summed E-state index contributed by atoms with van der Waals surface area (Å²) in [5.74, 6) is 1.92. The van der Waals surface area contributed by atoms with Crippen LogP contribution in [0.4, 0.5) is 5.82 Å². The number of benzene rings is 1. The van der Waals surface area contributed by atoms with Crippen LogP contribution in [0.2, 0.25) is 0 Å². The van der Waals surface area contributed by atoms with Crippen molar-refractivity contribution in [1.82, 2.24) is 25.1 Å². The Hall–Kier alpha value is -2.81. The van der Waals surface area contributed by atoms with Gasteiger partial charge in [-0.1, -0.05) is 25.6 Å². The summed E-state index contributed by atoms with van der Waals surface area (Å²) in [5.41, 5.74) is 1.35. The van der Waals surface area contributed by atoms with Crippen molar-refractivity contribution in [3.8, 4) is 5.75 Å². The lowest BCUT2D eigenvalue weighted by Crippen LogP contribution is -2.27. The van der Waals surface area contributed by atoms with E-state index < -0.39 is 0 Å². The molecule has 0 saturated carbocycles. The molecular formula is C21H28N6O2S. The largest absolute Gasteiger partial charge is 0.494 e. The third kappa shape index (κ3) is 5.41. The maximum Gasteiger partial charge on any atom is 0.251 e. The lowest BCUT2D eigenvalue weighted by atomic mass is 10.2. The van der Waals surface area contributed by atoms with Crippen molar-refractivity contribution in [2.24, 2.45) is 5.92 Å². The van der Waals surface area contributed by atoms with Crippen LogP contribution in [-0.4, -0.2) is 51.6 Å². The summed E-state index contributed by atoms with van der Waals surface area (Å²) < 4.78 is 7.21. The predicted octanol–water partition coefficient (Wildman–Crippen LogP) is 3.44. The molecule has 3 aromatic rings. The lowest BCUT2D eigenvalue weighted by Gasteiger charge is -2.11. The van der Waals surface area contributed by atoms with Gasteiger partial charge in [-0.25, -0.2) is 14.6 Å². The molecule has 0 aliphatic carbocycles. The van der Waals surface area contributed by atoms with Gasteiger partial charge in [0.2, 0.25) is 0 Å². The minimum atomic E-state index is -0.131. The minimum absolute atomic E-state index is 0.131. The van der Waals surface area contributed by atoms with Crippen molar-refractivity contribution < 1.29 is 9.53 Å². The zero-order chi connectivity index (χ0) is 21.5. The smallest absolute Gasteiger partial charge is 0.251 e. The van der Waals surface area contributed by atoms with Crippen molar-refractivity contribution in [2.75, 3.05) is 31.3 Å². The molecule has 0 spiro atoms. The van der Waals surface area contributed by atoms with E-state index in [1.807, 2.05) is 13.2 Å². The summed E-state index contributed by atoms with van der Waals surface area (Å²) >= 11 is 1.49. The molecule has 0 fully saturated rings. The Morgan fingerprint density at radius 1 is 1.23 bits per heavy atom. The summed E-state index contributed by atoms with van der Waals surface area (Å²) in [6, 6.07) is 7.11. The zero-order valence-corrected chi connectivity index (χ0v) is 18.6. The summed E-state index contributed by atoms with van der Waals surface area (Å²) in [7, 11) is 0. The number of hydrogen-bond donors (Lipinski definition) is 2. The number of thioether (sulfide) groups is 1. The van der Waals surface area contributed by atoms with Crippen molar-refractivity contribution in [3.05, 3.63) is 36.0 Å². The molecule has 2 heterocycles. The molecule has 0 aliphatic heterocycles. The third-order valence-corrected chi connectivity index (χ3v) is 4.92. The van der Waals surface area contributed by atoms with E-state index >= 15 is 0 Å². The molecule has 0 radical (unpaired) electrons. The van der Waals surface area contributed by atoms with Gasteiger partial charge in [-0.2, -0.15) is 5.10 Å². The number of amides is 1. The van der Waals surface area contributed by atoms with Crippen molar-refractivity contribution in [1.29, 1.82) is 0 Å². The summed E-state index contributed by atoms with van der Waals surface area (Å²) in [6.07, 6.45) is 3.72. The van der Waals surface area contributed by atoms with E-state index in [2.05, 4.69) is 39.5 Å². The van der Waals surface area contributed by atoms with E-state index in [1.54, 1.807) is 35.1 Å². The van der Waals surface area contributed by atoms with E-state index in [4.69, 9.17) is 4.74 Å². The number of rotatable bonds is 10. The van der Waals surface area contributed by atoms with Gasteiger partial charge in [-0.05, 0) is 43.4 Å². The summed E-state index contributed by atoms with van der Waals surface area (Å²) in [4.78, 5) is 21.6. The lowest BCUT2D eigenvalue weighted by molar-refractivity contribution is 0.0952. The summed E-state index contributed by atoms with van der Waals surface area (Å²) in [6.45, 7) is 8.60. The molecule has 0 saturated heterocycles. The van der Waals surface area contributed by atoms with E-state index in [0.717, 1.165) is 29.1 Å². The first-order chi connectivity index (χ1) is 14.5. The maximum absolute atomic E-state index is 12.4. The second kappa shape index (κ2) is 10.3. The van der Waals surface area contributed by atoms with Crippen LogP contribution in [0.1, 0.15) is 31.1 Å². The number of fused-ring (bicyclic) bond motifs is 1. The molecule has 8 nitrogen and oxygen atoms in total. The van der Waals surface area contributed by atoms with Crippen LogP contribution < -0.4 is 15.4 Å². The fourth-order valence-electron chi connectivity index (χ4n) is 2.87. The highest BCUT2D eigenvalue weighted by Crippen LogP contribution is 2.23. The first-order valence-electron chi connectivity index (χ1n) is 10.0. The first kappa shape index (κ1) is 21.9. The Labute approximate surface area is 180 Å². The molecule has 0 bridgehead atoms. The van der Waals surface area contributed by atoms with Crippen LogP contribution >= 0.6 is 11.8 Å². The molecule has 0 unspecified atom stereocenters.